The second kappa shape index (κ2) is 29.5. The molecular weight excluding hydrogens is 474 g/mol. The average molecular weight is 526 g/mol. The summed E-state index contributed by atoms with van der Waals surface area (Å²) in [5.74, 6) is -0.375. The number of hydrogen-bond donors (Lipinski definition) is 2. The van der Waals surface area contributed by atoms with Gasteiger partial charge in [0.15, 0.2) is 0 Å². The molecule has 31 heavy (non-hydrogen) atoms. The van der Waals surface area contributed by atoms with Crippen LogP contribution in [0.1, 0.15) is 140 Å². The van der Waals surface area contributed by atoms with E-state index in [0.717, 1.165) is 0 Å². The molecule has 3 N–H and O–H groups in total. The predicted molar refractivity (Wildman–Crippen MR) is 133 cm³/mol. The van der Waals surface area contributed by atoms with Crippen molar-refractivity contribution in [2.45, 2.75) is 141 Å². The zero-order valence-electron chi connectivity index (χ0n) is 23.8. The first kappa shape index (κ1) is 39.6. The number of unbranched alkanes of at least 4 members (excludes halogenated alkanes) is 14. The number of nitrogens with one attached hydrogen (secondary N) is 1. The van der Waals surface area contributed by atoms with E-state index < -0.39 is 10.4 Å². The van der Waals surface area contributed by atoms with E-state index in [-0.39, 0.29) is 67.9 Å². The number of alkyl halides is 1. The molecule has 0 aliphatic rings. The Balaban J connectivity index is -0.000000103. The molecule has 0 atom stereocenters. The number of carbonyl (C=O) groups excluding carboxylic acids is 2. The molecule has 3 amide bonds. The molecule has 0 heterocycles. The monoisotopic (exact) mass is 524 g/mol. The van der Waals surface area contributed by atoms with Crippen molar-refractivity contribution in [3.8, 4) is 0 Å². The molecule has 0 aromatic heterocycles. The molecule has 0 saturated carbocycles. The molecule has 4 nitrogen and oxygen atoms in total. The van der Waals surface area contributed by atoms with Crippen molar-refractivity contribution < 1.29 is 71.6 Å². The number of urea groups is 1. The van der Waals surface area contributed by atoms with Crippen LogP contribution in [0.3, 0.4) is 0 Å². The molecule has 0 aromatic rings. The van der Waals surface area contributed by atoms with Crippen LogP contribution in [-0.4, -0.2) is 16.3 Å². The van der Waals surface area contributed by atoms with Gasteiger partial charge in [-0.25, -0.2) is 4.79 Å². The average Bonchev–Trinajstić information content (AvgIpc) is 2.70. The number of carbonyl (C=O) groups is 2. The molecule has 0 bridgehead atoms. The fourth-order valence-corrected chi connectivity index (χ4v) is 3.34. The molecular formula is C24H51BrN2Na2O2. The van der Waals surface area contributed by atoms with Crippen LogP contribution in [0.4, 0.5) is 4.79 Å². The van der Waals surface area contributed by atoms with E-state index in [9.17, 15) is 9.59 Å². The van der Waals surface area contributed by atoms with Crippen LogP contribution in [-0.2, 0) is 4.79 Å². The normalized spacial score (nSPS) is 10.2. The summed E-state index contributed by atoms with van der Waals surface area (Å²) < 4.78 is -0.665. The van der Waals surface area contributed by atoms with Crippen molar-refractivity contribution in [1.29, 1.82) is 0 Å². The van der Waals surface area contributed by atoms with Gasteiger partial charge in [-0.1, -0.05) is 140 Å². The van der Waals surface area contributed by atoms with E-state index in [2.05, 4.69) is 29.8 Å². The minimum atomic E-state index is -0.814. The van der Waals surface area contributed by atoms with Gasteiger partial charge >= 0.3 is 65.1 Å². The van der Waals surface area contributed by atoms with Gasteiger partial charge in [0.05, 0.1) is 0 Å². The Bertz CT molecular complexity index is 393. The van der Waals surface area contributed by atoms with Gasteiger partial charge in [0.2, 0.25) is 5.91 Å². The largest absolute Gasteiger partial charge is 1.00 e. The van der Waals surface area contributed by atoms with Gasteiger partial charge in [-0.15, -0.1) is 0 Å². The van der Waals surface area contributed by atoms with Crippen LogP contribution in [0.25, 0.3) is 0 Å². The summed E-state index contributed by atoms with van der Waals surface area (Å²) in [6, 6.07) is -0.814. The van der Waals surface area contributed by atoms with Crippen molar-refractivity contribution in [2.75, 3.05) is 0 Å². The molecule has 178 valence electrons. The Morgan fingerprint density at radius 1 is 0.677 bits per heavy atom. The van der Waals surface area contributed by atoms with Crippen LogP contribution in [0, 0.1) is 0 Å². The van der Waals surface area contributed by atoms with Crippen molar-refractivity contribution in [3.05, 3.63) is 0 Å². The van der Waals surface area contributed by atoms with Crippen molar-refractivity contribution in [3.63, 3.8) is 0 Å². The molecule has 0 aliphatic heterocycles. The Labute approximate surface area is 249 Å². The Morgan fingerprint density at radius 3 is 1.13 bits per heavy atom. The van der Waals surface area contributed by atoms with Gasteiger partial charge < -0.3 is 8.59 Å². The molecule has 7 heteroatoms. The van der Waals surface area contributed by atoms with E-state index in [1.54, 1.807) is 0 Å². The zero-order chi connectivity index (χ0) is 22.4. The number of rotatable bonds is 17. The molecule has 0 unspecified atom stereocenters. The minimum absolute atomic E-state index is 0. The van der Waals surface area contributed by atoms with Gasteiger partial charge in [0.1, 0.15) is 4.32 Å². The number of primary amides is 1. The van der Waals surface area contributed by atoms with Crippen LogP contribution in [0.15, 0.2) is 0 Å². The maximum atomic E-state index is 11.3. The van der Waals surface area contributed by atoms with Crippen LogP contribution in [0.2, 0.25) is 0 Å². The number of halogens is 1. The quantitative estimate of drug-likeness (QED) is 0.174. The van der Waals surface area contributed by atoms with Crippen LogP contribution in [0.5, 0.6) is 0 Å². The van der Waals surface area contributed by atoms with Gasteiger partial charge in [0.25, 0.3) is 0 Å². The van der Waals surface area contributed by atoms with E-state index >= 15 is 0 Å². The summed E-state index contributed by atoms with van der Waals surface area (Å²) >= 11 is 3.26. The first-order chi connectivity index (χ1) is 13.9. The number of nitrogens with two attached hydrogens (primary N) is 1. The molecule has 0 saturated heterocycles. The second-order valence-corrected chi connectivity index (χ2v) is 9.60. The first-order valence-corrected chi connectivity index (χ1v) is 13.0. The Morgan fingerprint density at radius 2 is 0.935 bits per heavy atom. The summed E-state index contributed by atoms with van der Waals surface area (Å²) in [6.07, 6.45) is 23.1. The maximum absolute atomic E-state index is 11.3. The molecule has 0 radical (unpaired) electrons. The van der Waals surface area contributed by atoms with E-state index in [0.29, 0.717) is 12.8 Å². The fraction of sp³-hybridized carbons (Fsp3) is 0.917. The summed E-state index contributed by atoms with van der Waals surface area (Å²) in [4.78, 5) is 21.6. The number of amides is 3. The SMILES string of the molecule is CCC(Br)(CC)C(=O)NC(N)=O.CCCCCCCCCCCCCCCCC.[H-].[H-].[Na+].[Na+]. The second-order valence-electron chi connectivity index (χ2n) is 8.09. The van der Waals surface area contributed by atoms with Gasteiger partial charge in [-0.3, -0.25) is 10.1 Å². The Hall–Kier alpha value is 1.42. The van der Waals surface area contributed by atoms with E-state index in [4.69, 9.17) is 5.73 Å². The minimum Gasteiger partial charge on any atom is -1.00 e. The molecule has 0 aromatic carbocycles. The van der Waals surface area contributed by atoms with Crippen LogP contribution >= 0.6 is 15.9 Å². The van der Waals surface area contributed by atoms with Gasteiger partial charge in [0, 0.05) is 0 Å². The van der Waals surface area contributed by atoms with Crippen LogP contribution < -0.4 is 70.2 Å². The summed E-state index contributed by atoms with van der Waals surface area (Å²) in [5, 5.41) is 2.04. The third-order valence-electron chi connectivity index (χ3n) is 5.47. The van der Waals surface area contributed by atoms with Crippen molar-refractivity contribution in [2.24, 2.45) is 5.73 Å². The summed E-state index contributed by atoms with van der Waals surface area (Å²) in [6.45, 7) is 8.30. The molecule has 0 fully saturated rings. The van der Waals surface area contributed by atoms with Gasteiger partial charge in [-0.2, -0.15) is 0 Å². The Kier molecular flexibility index (Phi) is 37.6. The molecule has 0 aliphatic carbocycles. The number of hydrogen-bond acceptors (Lipinski definition) is 2. The molecule has 0 rings (SSSR count). The first-order valence-electron chi connectivity index (χ1n) is 12.2. The smallest absolute Gasteiger partial charge is 1.00 e. The van der Waals surface area contributed by atoms with E-state index in [1.807, 2.05) is 19.2 Å². The zero-order valence-corrected chi connectivity index (χ0v) is 27.4. The van der Waals surface area contributed by atoms with Crippen molar-refractivity contribution >= 4 is 27.9 Å². The predicted octanol–water partition coefficient (Wildman–Crippen LogP) is 2.25. The topological polar surface area (TPSA) is 72.2 Å². The third-order valence-corrected chi connectivity index (χ3v) is 6.95. The van der Waals surface area contributed by atoms with Crippen molar-refractivity contribution in [1.82, 2.24) is 5.32 Å². The maximum Gasteiger partial charge on any atom is 1.00 e. The summed E-state index contributed by atoms with van der Waals surface area (Å²) in [7, 11) is 0. The fourth-order valence-electron chi connectivity index (χ4n) is 3.24. The van der Waals surface area contributed by atoms with E-state index in [1.165, 1.54) is 96.3 Å². The molecule has 0 spiro atoms. The summed E-state index contributed by atoms with van der Waals surface area (Å²) in [5.41, 5.74) is 4.81. The third kappa shape index (κ3) is 27.5. The van der Waals surface area contributed by atoms with Gasteiger partial charge in [-0.05, 0) is 12.8 Å². The standard InChI is InChI=1S/C17H36.C7H13BrN2O2.2Na.2H/c1-3-5-7-9-11-13-15-17-16-14-12-10-8-6-4-2;1-3-7(8,4-2)5(11)10-6(9)12;;;;/h3-17H2,1-2H3;3-4H2,1-2H3,(H3,9,10,11,12);;;;/q;;2*+1;2*-1. The number of imide groups is 1.